The third-order valence-corrected chi connectivity index (χ3v) is 3.76. The fourth-order valence-electron chi connectivity index (χ4n) is 2.31. The lowest BCUT2D eigenvalue weighted by Crippen LogP contribution is -2.28. The quantitative estimate of drug-likeness (QED) is 0.891. The van der Waals surface area contributed by atoms with Crippen LogP contribution in [0.4, 0.5) is 10.1 Å². The van der Waals surface area contributed by atoms with Crippen molar-refractivity contribution < 1.29 is 9.18 Å². The largest absolute Gasteiger partial charge is 0.325 e. The second-order valence-electron chi connectivity index (χ2n) is 4.90. The molecule has 1 saturated heterocycles. The van der Waals surface area contributed by atoms with Crippen molar-refractivity contribution in [3.63, 3.8) is 0 Å². The molecule has 1 aliphatic rings. The molecule has 104 valence electrons. The summed E-state index contributed by atoms with van der Waals surface area (Å²) >= 11 is 5.86. The summed E-state index contributed by atoms with van der Waals surface area (Å²) in [5, 5.41) is 6.26. The molecule has 0 unspecified atom stereocenters. The van der Waals surface area contributed by atoms with Gasteiger partial charge in [0.15, 0.2) is 0 Å². The number of halogens is 2. The van der Waals surface area contributed by atoms with Crippen LogP contribution in [0.25, 0.3) is 0 Å². The van der Waals surface area contributed by atoms with Crippen LogP contribution in [0, 0.1) is 11.7 Å². The second-order valence-corrected chi connectivity index (χ2v) is 5.31. The molecule has 0 saturated carbocycles. The lowest BCUT2D eigenvalue weighted by molar-refractivity contribution is -0.116. The Morgan fingerprint density at radius 1 is 1.42 bits per heavy atom. The third kappa shape index (κ3) is 4.48. The van der Waals surface area contributed by atoms with Gasteiger partial charge in [-0.3, -0.25) is 4.79 Å². The summed E-state index contributed by atoms with van der Waals surface area (Å²) in [4.78, 5) is 11.8. The van der Waals surface area contributed by atoms with Crippen LogP contribution in [0.5, 0.6) is 0 Å². The van der Waals surface area contributed by atoms with Crippen LogP contribution >= 0.6 is 11.6 Å². The molecule has 0 aliphatic carbocycles. The Bertz CT molecular complexity index is 447. The fourth-order valence-corrected chi connectivity index (χ4v) is 2.52. The zero-order valence-corrected chi connectivity index (χ0v) is 11.5. The van der Waals surface area contributed by atoms with E-state index in [1.165, 1.54) is 18.2 Å². The smallest absolute Gasteiger partial charge is 0.224 e. The monoisotopic (exact) mass is 284 g/mol. The van der Waals surface area contributed by atoms with Crippen LogP contribution < -0.4 is 10.6 Å². The highest BCUT2D eigenvalue weighted by Gasteiger charge is 2.15. The number of carbonyl (C=O) groups is 1. The maximum absolute atomic E-state index is 12.9. The van der Waals surface area contributed by atoms with Gasteiger partial charge >= 0.3 is 0 Å². The van der Waals surface area contributed by atoms with Crippen molar-refractivity contribution in [1.82, 2.24) is 5.32 Å². The normalized spacial score (nSPS) is 16.3. The van der Waals surface area contributed by atoms with Gasteiger partial charge < -0.3 is 10.6 Å². The molecule has 5 heteroatoms. The van der Waals surface area contributed by atoms with E-state index in [2.05, 4.69) is 10.6 Å². The average molecular weight is 285 g/mol. The Morgan fingerprint density at radius 2 is 2.16 bits per heavy atom. The summed E-state index contributed by atoms with van der Waals surface area (Å²) in [7, 11) is 0. The number of hydrogen-bond acceptors (Lipinski definition) is 2. The molecule has 0 radical (unpaired) electrons. The fraction of sp³-hybridized carbons (Fsp3) is 0.500. The minimum absolute atomic E-state index is 0.0629. The van der Waals surface area contributed by atoms with Gasteiger partial charge in [-0.25, -0.2) is 4.39 Å². The molecule has 1 aromatic carbocycles. The lowest BCUT2D eigenvalue weighted by atomic mass is 9.93. The van der Waals surface area contributed by atoms with E-state index in [1.807, 2.05) is 0 Å². The highest BCUT2D eigenvalue weighted by atomic mass is 35.5. The highest BCUT2D eigenvalue weighted by molar-refractivity contribution is 6.33. The number of benzene rings is 1. The van der Waals surface area contributed by atoms with Gasteiger partial charge in [0, 0.05) is 6.42 Å². The number of piperidine rings is 1. The molecule has 2 N–H and O–H groups in total. The van der Waals surface area contributed by atoms with E-state index >= 15 is 0 Å². The Labute approximate surface area is 117 Å². The Hall–Kier alpha value is -1.13. The summed E-state index contributed by atoms with van der Waals surface area (Å²) in [6, 6.07) is 3.97. The summed E-state index contributed by atoms with van der Waals surface area (Å²) in [5.74, 6) is 0.153. The van der Waals surface area contributed by atoms with Gasteiger partial charge in [0.1, 0.15) is 5.82 Å². The van der Waals surface area contributed by atoms with Crippen molar-refractivity contribution in [3.05, 3.63) is 29.0 Å². The average Bonchev–Trinajstić information content (AvgIpc) is 2.41. The molecule has 0 aromatic heterocycles. The first-order chi connectivity index (χ1) is 9.15. The number of nitrogens with one attached hydrogen (secondary N) is 2. The molecule has 1 fully saturated rings. The maximum Gasteiger partial charge on any atom is 0.224 e. The van der Waals surface area contributed by atoms with Gasteiger partial charge in [-0.15, -0.1) is 0 Å². The minimum Gasteiger partial charge on any atom is -0.325 e. The van der Waals surface area contributed by atoms with Crippen LogP contribution in [-0.4, -0.2) is 19.0 Å². The molecule has 1 heterocycles. The van der Waals surface area contributed by atoms with E-state index in [9.17, 15) is 9.18 Å². The van der Waals surface area contributed by atoms with E-state index in [-0.39, 0.29) is 10.9 Å². The first-order valence-electron chi connectivity index (χ1n) is 6.61. The van der Waals surface area contributed by atoms with E-state index in [4.69, 9.17) is 11.6 Å². The lowest BCUT2D eigenvalue weighted by Gasteiger charge is -2.22. The third-order valence-electron chi connectivity index (χ3n) is 3.44. The molecule has 1 aromatic rings. The number of rotatable bonds is 4. The molecule has 0 atom stereocenters. The van der Waals surface area contributed by atoms with Crippen molar-refractivity contribution in [2.75, 3.05) is 18.4 Å². The number of hydrogen-bond donors (Lipinski definition) is 2. The molecular formula is C14H18ClFN2O. The van der Waals surface area contributed by atoms with Gasteiger partial charge in [0.25, 0.3) is 0 Å². The predicted octanol–water partition coefficient (Wildman–Crippen LogP) is 3.20. The van der Waals surface area contributed by atoms with Gasteiger partial charge in [0.2, 0.25) is 5.91 Å². The second kappa shape index (κ2) is 6.87. The van der Waals surface area contributed by atoms with Crippen LogP contribution in [0.2, 0.25) is 5.02 Å². The van der Waals surface area contributed by atoms with Crippen LogP contribution in [0.15, 0.2) is 18.2 Å². The molecule has 2 rings (SSSR count). The van der Waals surface area contributed by atoms with E-state index in [0.717, 1.165) is 32.4 Å². The summed E-state index contributed by atoms with van der Waals surface area (Å²) in [5.41, 5.74) is 0.471. The van der Waals surface area contributed by atoms with Gasteiger partial charge in [-0.1, -0.05) is 11.6 Å². The molecular weight excluding hydrogens is 267 g/mol. The Balaban J connectivity index is 1.80. The van der Waals surface area contributed by atoms with E-state index in [0.29, 0.717) is 18.0 Å². The summed E-state index contributed by atoms with van der Waals surface area (Å²) < 4.78 is 12.9. The predicted molar refractivity (Wildman–Crippen MR) is 74.9 cm³/mol. The summed E-state index contributed by atoms with van der Waals surface area (Å²) in [6.07, 6.45) is 3.64. The topological polar surface area (TPSA) is 41.1 Å². The van der Waals surface area contributed by atoms with Crippen molar-refractivity contribution >= 4 is 23.2 Å². The van der Waals surface area contributed by atoms with E-state index in [1.54, 1.807) is 0 Å². The molecule has 3 nitrogen and oxygen atoms in total. The minimum atomic E-state index is -0.405. The SMILES string of the molecule is O=C(CCC1CCNCC1)Nc1ccc(F)cc1Cl. The van der Waals surface area contributed by atoms with Gasteiger partial charge in [-0.2, -0.15) is 0 Å². The standard InChI is InChI=1S/C14H18ClFN2O/c15-12-9-11(16)2-3-13(12)18-14(19)4-1-10-5-7-17-8-6-10/h2-3,9-10,17H,1,4-8H2,(H,18,19). The number of carbonyl (C=O) groups excluding carboxylic acids is 1. The van der Waals surface area contributed by atoms with Crippen molar-refractivity contribution in [2.45, 2.75) is 25.7 Å². The maximum atomic E-state index is 12.9. The number of amides is 1. The van der Waals surface area contributed by atoms with E-state index < -0.39 is 5.82 Å². The Morgan fingerprint density at radius 3 is 2.84 bits per heavy atom. The Kier molecular flexibility index (Phi) is 5.16. The first-order valence-corrected chi connectivity index (χ1v) is 6.98. The summed E-state index contributed by atoms with van der Waals surface area (Å²) in [6.45, 7) is 2.08. The zero-order valence-electron chi connectivity index (χ0n) is 10.7. The van der Waals surface area contributed by atoms with Crippen LogP contribution in [0.1, 0.15) is 25.7 Å². The molecule has 0 spiro atoms. The van der Waals surface area contributed by atoms with Crippen molar-refractivity contribution in [3.8, 4) is 0 Å². The zero-order chi connectivity index (χ0) is 13.7. The molecule has 1 amide bonds. The first kappa shape index (κ1) is 14.3. The molecule has 1 aliphatic heterocycles. The van der Waals surface area contributed by atoms with Crippen LogP contribution in [0.3, 0.4) is 0 Å². The highest BCUT2D eigenvalue weighted by Crippen LogP contribution is 2.23. The van der Waals surface area contributed by atoms with Crippen molar-refractivity contribution in [1.29, 1.82) is 0 Å². The van der Waals surface area contributed by atoms with Gasteiger partial charge in [0.05, 0.1) is 10.7 Å². The molecule has 19 heavy (non-hydrogen) atoms. The van der Waals surface area contributed by atoms with Crippen molar-refractivity contribution in [2.24, 2.45) is 5.92 Å². The van der Waals surface area contributed by atoms with Crippen LogP contribution in [-0.2, 0) is 4.79 Å². The molecule has 0 bridgehead atoms. The van der Waals surface area contributed by atoms with Gasteiger partial charge in [-0.05, 0) is 56.5 Å². The number of anilines is 1.